The zero-order valence-corrected chi connectivity index (χ0v) is 13.9. The highest BCUT2D eigenvalue weighted by Gasteiger charge is 2.17. The van der Waals surface area contributed by atoms with Gasteiger partial charge in [0.2, 0.25) is 0 Å². The van der Waals surface area contributed by atoms with E-state index in [-0.39, 0.29) is 12.3 Å². The molecule has 0 aromatic heterocycles. The van der Waals surface area contributed by atoms with Gasteiger partial charge in [0.15, 0.2) is 5.71 Å². The molecule has 24 heavy (non-hydrogen) atoms. The van der Waals surface area contributed by atoms with E-state index in [1.54, 1.807) is 12.1 Å². The van der Waals surface area contributed by atoms with E-state index in [2.05, 4.69) is 16.9 Å². The molecule has 0 aliphatic carbocycles. The lowest BCUT2D eigenvalue weighted by atomic mass is 10.0. The molecule has 1 N–H and O–H groups in total. The Morgan fingerprint density at radius 3 is 2.42 bits per heavy atom. The Hall–Kier alpha value is -2.82. The molecule has 0 atom stereocenters. The van der Waals surface area contributed by atoms with E-state index in [9.17, 15) is 9.90 Å². The molecule has 2 aromatic carbocycles. The van der Waals surface area contributed by atoms with E-state index in [4.69, 9.17) is 4.74 Å². The standard InChI is InChI=1S/C19H21NO4/c1-3-8-14-9-5-7-12-17(14)24-13-15-10-4-6-11-16(15)18(19(21)22)20-23-2/h4-7,9-12H,3,8,13H2,1-2H3,(H,21,22)/b20-18+. The molecule has 0 bridgehead atoms. The third-order valence-electron chi connectivity index (χ3n) is 3.53. The van der Waals surface area contributed by atoms with Crippen molar-refractivity contribution < 1.29 is 19.5 Å². The number of benzene rings is 2. The first-order valence-corrected chi connectivity index (χ1v) is 7.80. The number of rotatable bonds is 8. The molecular formula is C19H21NO4. The Kier molecular flexibility index (Phi) is 6.37. The molecule has 0 radical (unpaired) electrons. The van der Waals surface area contributed by atoms with Crippen molar-refractivity contribution in [2.24, 2.45) is 5.16 Å². The van der Waals surface area contributed by atoms with Crippen molar-refractivity contribution in [1.29, 1.82) is 0 Å². The number of aliphatic carboxylic acids is 1. The van der Waals surface area contributed by atoms with Crippen LogP contribution >= 0.6 is 0 Å². The molecule has 0 fully saturated rings. The summed E-state index contributed by atoms with van der Waals surface area (Å²) in [5.41, 5.74) is 2.22. The van der Waals surface area contributed by atoms with Gasteiger partial charge in [0.25, 0.3) is 0 Å². The fraction of sp³-hybridized carbons (Fsp3) is 0.263. The summed E-state index contributed by atoms with van der Waals surface area (Å²) in [6, 6.07) is 15.0. The van der Waals surface area contributed by atoms with Gasteiger partial charge in [0.1, 0.15) is 19.5 Å². The Morgan fingerprint density at radius 2 is 1.75 bits per heavy atom. The van der Waals surface area contributed by atoms with Crippen molar-refractivity contribution in [2.75, 3.05) is 7.11 Å². The summed E-state index contributed by atoms with van der Waals surface area (Å²) < 4.78 is 5.94. The molecular weight excluding hydrogens is 306 g/mol. The average molecular weight is 327 g/mol. The first-order valence-electron chi connectivity index (χ1n) is 7.80. The maximum atomic E-state index is 11.4. The molecule has 5 heteroatoms. The van der Waals surface area contributed by atoms with Crippen molar-refractivity contribution in [1.82, 2.24) is 0 Å². The van der Waals surface area contributed by atoms with Crippen LogP contribution in [-0.2, 0) is 22.7 Å². The van der Waals surface area contributed by atoms with Crippen LogP contribution in [0.4, 0.5) is 0 Å². The second kappa shape index (κ2) is 8.72. The molecule has 126 valence electrons. The van der Waals surface area contributed by atoms with E-state index in [0.717, 1.165) is 29.7 Å². The Labute approximate surface area is 141 Å². The Morgan fingerprint density at radius 1 is 1.08 bits per heavy atom. The Bertz CT molecular complexity index is 725. The second-order valence-corrected chi connectivity index (χ2v) is 5.23. The van der Waals surface area contributed by atoms with E-state index in [1.807, 2.05) is 36.4 Å². The van der Waals surface area contributed by atoms with Crippen molar-refractivity contribution in [3.05, 3.63) is 65.2 Å². The summed E-state index contributed by atoms with van der Waals surface area (Å²) in [6.45, 7) is 2.37. The van der Waals surface area contributed by atoms with Gasteiger partial charge in [-0.3, -0.25) is 0 Å². The predicted octanol–water partition coefficient (Wildman–Crippen LogP) is 3.65. The maximum absolute atomic E-state index is 11.4. The van der Waals surface area contributed by atoms with Crippen LogP contribution in [0.2, 0.25) is 0 Å². The molecule has 5 nitrogen and oxygen atoms in total. The molecule has 0 heterocycles. The second-order valence-electron chi connectivity index (χ2n) is 5.23. The van der Waals surface area contributed by atoms with Gasteiger partial charge in [-0.2, -0.15) is 0 Å². The number of oxime groups is 1. The molecule has 0 amide bonds. The van der Waals surface area contributed by atoms with Crippen LogP contribution in [0.25, 0.3) is 0 Å². The average Bonchev–Trinajstić information content (AvgIpc) is 2.59. The van der Waals surface area contributed by atoms with Crippen LogP contribution in [0.15, 0.2) is 53.7 Å². The van der Waals surface area contributed by atoms with E-state index < -0.39 is 5.97 Å². The zero-order valence-electron chi connectivity index (χ0n) is 13.9. The minimum absolute atomic E-state index is 0.140. The lowest BCUT2D eigenvalue weighted by Crippen LogP contribution is -2.17. The summed E-state index contributed by atoms with van der Waals surface area (Å²) in [7, 11) is 1.32. The van der Waals surface area contributed by atoms with Gasteiger partial charge in [-0.25, -0.2) is 4.79 Å². The Balaban J connectivity index is 2.26. The summed E-state index contributed by atoms with van der Waals surface area (Å²) in [6.07, 6.45) is 1.96. The largest absolute Gasteiger partial charge is 0.489 e. The van der Waals surface area contributed by atoms with Crippen LogP contribution in [0.5, 0.6) is 5.75 Å². The van der Waals surface area contributed by atoms with Gasteiger partial charge in [-0.1, -0.05) is 61.0 Å². The van der Waals surface area contributed by atoms with Crippen LogP contribution in [0, 0.1) is 0 Å². The first-order chi connectivity index (χ1) is 11.7. The van der Waals surface area contributed by atoms with Crippen LogP contribution in [-0.4, -0.2) is 23.9 Å². The normalized spacial score (nSPS) is 11.2. The number of carboxylic acid groups (broad SMARTS) is 1. The molecule has 0 aliphatic heterocycles. The van der Waals surface area contributed by atoms with Crippen molar-refractivity contribution >= 4 is 11.7 Å². The summed E-state index contributed by atoms with van der Waals surface area (Å²) in [4.78, 5) is 16.1. The molecule has 0 aliphatic rings. The fourth-order valence-electron chi connectivity index (χ4n) is 2.45. The minimum Gasteiger partial charge on any atom is -0.489 e. The summed E-state index contributed by atoms with van der Waals surface area (Å²) >= 11 is 0. The van der Waals surface area contributed by atoms with Gasteiger partial charge >= 0.3 is 5.97 Å². The van der Waals surface area contributed by atoms with Crippen LogP contribution in [0.1, 0.15) is 30.0 Å². The number of carboxylic acids is 1. The van der Waals surface area contributed by atoms with E-state index in [1.165, 1.54) is 7.11 Å². The number of carbonyl (C=O) groups is 1. The third-order valence-corrected chi connectivity index (χ3v) is 3.53. The number of para-hydroxylation sites is 1. The number of hydrogen-bond acceptors (Lipinski definition) is 4. The monoisotopic (exact) mass is 327 g/mol. The van der Waals surface area contributed by atoms with Crippen LogP contribution in [0.3, 0.4) is 0 Å². The number of ether oxygens (including phenoxy) is 1. The van der Waals surface area contributed by atoms with Gasteiger partial charge in [-0.05, 0) is 23.6 Å². The molecule has 2 aromatic rings. The van der Waals surface area contributed by atoms with Crippen molar-refractivity contribution in [2.45, 2.75) is 26.4 Å². The van der Waals surface area contributed by atoms with Gasteiger partial charge in [-0.15, -0.1) is 0 Å². The van der Waals surface area contributed by atoms with Gasteiger partial charge in [0.05, 0.1) is 0 Å². The predicted molar refractivity (Wildman–Crippen MR) is 92.4 cm³/mol. The molecule has 0 saturated heterocycles. The third kappa shape index (κ3) is 4.35. The summed E-state index contributed by atoms with van der Waals surface area (Å²) in [5, 5.41) is 12.9. The fourth-order valence-corrected chi connectivity index (χ4v) is 2.45. The van der Waals surface area contributed by atoms with Crippen molar-refractivity contribution in [3.63, 3.8) is 0 Å². The van der Waals surface area contributed by atoms with E-state index >= 15 is 0 Å². The van der Waals surface area contributed by atoms with E-state index in [0.29, 0.717) is 5.56 Å². The smallest absolute Gasteiger partial charge is 0.358 e. The van der Waals surface area contributed by atoms with Gasteiger partial charge in [0, 0.05) is 5.56 Å². The van der Waals surface area contributed by atoms with Crippen LogP contribution < -0.4 is 4.74 Å². The topological polar surface area (TPSA) is 68.1 Å². The minimum atomic E-state index is -1.14. The SMILES string of the molecule is CCCc1ccccc1OCc1ccccc1/C(=N\OC)C(=O)O. The van der Waals surface area contributed by atoms with Crippen molar-refractivity contribution in [3.8, 4) is 5.75 Å². The first kappa shape index (κ1) is 17.5. The number of hydrogen-bond donors (Lipinski definition) is 1. The number of nitrogens with zero attached hydrogens (tertiary/aromatic N) is 1. The summed E-state index contributed by atoms with van der Waals surface area (Å²) in [5.74, 6) is -0.328. The molecule has 0 spiro atoms. The number of aryl methyl sites for hydroxylation is 1. The van der Waals surface area contributed by atoms with Gasteiger partial charge < -0.3 is 14.7 Å². The lowest BCUT2D eigenvalue weighted by Gasteiger charge is -2.13. The molecule has 0 saturated carbocycles. The highest BCUT2D eigenvalue weighted by atomic mass is 16.6. The highest BCUT2D eigenvalue weighted by molar-refractivity contribution is 6.42. The molecule has 2 rings (SSSR count). The maximum Gasteiger partial charge on any atom is 0.358 e. The zero-order chi connectivity index (χ0) is 17.4. The highest BCUT2D eigenvalue weighted by Crippen LogP contribution is 2.22. The quantitative estimate of drug-likeness (QED) is 0.593. The molecule has 0 unspecified atom stereocenters. The lowest BCUT2D eigenvalue weighted by molar-refractivity contribution is -0.129.